The summed E-state index contributed by atoms with van der Waals surface area (Å²) in [6.07, 6.45) is 0.792. The van der Waals surface area contributed by atoms with Crippen LogP contribution in [0, 0.1) is 13.8 Å². The second kappa shape index (κ2) is 5.64. The molecule has 2 aromatic carbocycles. The number of fused-ring (bicyclic) bond motifs is 1. The molecule has 0 aromatic heterocycles. The minimum Gasteiger partial charge on any atom is -0.355 e. The first kappa shape index (κ1) is 14.3. The quantitative estimate of drug-likeness (QED) is 0.892. The Morgan fingerprint density at radius 2 is 1.91 bits per heavy atom. The van der Waals surface area contributed by atoms with Gasteiger partial charge >= 0.3 is 0 Å². The summed E-state index contributed by atoms with van der Waals surface area (Å²) in [5, 5.41) is 5.95. The first-order valence-electron chi connectivity index (χ1n) is 7.33. The number of hydrogen-bond acceptors (Lipinski definition) is 3. The molecule has 1 aliphatic heterocycles. The van der Waals surface area contributed by atoms with Crippen molar-refractivity contribution in [2.75, 3.05) is 12.4 Å². The van der Waals surface area contributed by atoms with Crippen molar-refractivity contribution in [3.8, 4) is 0 Å². The van der Waals surface area contributed by atoms with E-state index in [-0.39, 0.29) is 5.91 Å². The molecule has 4 nitrogen and oxygen atoms in total. The van der Waals surface area contributed by atoms with Crippen LogP contribution in [0.3, 0.4) is 0 Å². The number of carbonyl (C=O) groups excluding carboxylic acids is 1. The van der Waals surface area contributed by atoms with E-state index in [2.05, 4.69) is 41.6 Å². The van der Waals surface area contributed by atoms with Gasteiger partial charge in [-0.3, -0.25) is 4.79 Å². The van der Waals surface area contributed by atoms with Crippen LogP contribution in [-0.2, 0) is 6.42 Å². The van der Waals surface area contributed by atoms with Gasteiger partial charge in [-0.25, -0.2) is 4.99 Å². The zero-order valence-corrected chi connectivity index (χ0v) is 13.0. The Kier molecular flexibility index (Phi) is 3.67. The third-order valence-electron chi connectivity index (χ3n) is 3.95. The fourth-order valence-corrected chi connectivity index (χ4v) is 2.59. The van der Waals surface area contributed by atoms with Crippen molar-refractivity contribution in [2.24, 2.45) is 4.99 Å². The number of anilines is 1. The largest absolute Gasteiger partial charge is 0.355 e. The van der Waals surface area contributed by atoms with Crippen molar-refractivity contribution in [1.29, 1.82) is 0 Å². The molecule has 4 heteroatoms. The molecule has 0 fully saturated rings. The predicted molar refractivity (Wildman–Crippen MR) is 90.2 cm³/mol. The van der Waals surface area contributed by atoms with Crippen LogP contribution in [0.15, 0.2) is 41.4 Å². The maximum absolute atomic E-state index is 11.7. The zero-order chi connectivity index (χ0) is 15.7. The molecular formula is C18H19N3O. The molecule has 0 unspecified atom stereocenters. The average molecular weight is 293 g/mol. The van der Waals surface area contributed by atoms with Crippen molar-refractivity contribution in [2.45, 2.75) is 20.3 Å². The summed E-state index contributed by atoms with van der Waals surface area (Å²) in [6, 6.07) is 11.8. The van der Waals surface area contributed by atoms with Crippen LogP contribution in [0.25, 0.3) is 0 Å². The first-order chi connectivity index (χ1) is 10.6. The van der Waals surface area contributed by atoms with Crippen LogP contribution in [0.1, 0.15) is 27.0 Å². The average Bonchev–Trinajstić information content (AvgIpc) is 2.88. The third-order valence-corrected chi connectivity index (χ3v) is 3.95. The topological polar surface area (TPSA) is 53.5 Å². The highest BCUT2D eigenvalue weighted by Gasteiger charge is 2.16. The minimum absolute atomic E-state index is 0.0912. The van der Waals surface area contributed by atoms with E-state index < -0.39 is 0 Å². The molecule has 1 heterocycles. The highest BCUT2D eigenvalue weighted by atomic mass is 16.1. The lowest BCUT2D eigenvalue weighted by Gasteiger charge is -2.07. The molecule has 112 valence electrons. The van der Waals surface area contributed by atoms with Gasteiger partial charge in [0.2, 0.25) is 0 Å². The van der Waals surface area contributed by atoms with E-state index in [9.17, 15) is 4.79 Å². The number of benzene rings is 2. The smallest absolute Gasteiger partial charge is 0.251 e. The predicted octanol–water partition coefficient (Wildman–Crippen LogP) is 3.36. The number of aliphatic imine (C=N–C) groups is 1. The molecule has 1 amide bonds. The van der Waals surface area contributed by atoms with Gasteiger partial charge in [-0.15, -0.1) is 0 Å². The second-order valence-corrected chi connectivity index (χ2v) is 5.59. The Labute approximate surface area is 130 Å². The molecule has 0 aliphatic carbocycles. The maximum atomic E-state index is 11.7. The summed E-state index contributed by atoms with van der Waals surface area (Å²) in [7, 11) is 1.63. The lowest BCUT2D eigenvalue weighted by Crippen LogP contribution is -2.18. The first-order valence-corrected chi connectivity index (χ1v) is 7.33. The molecule has 1 aliphatic rings. The molecule has 0 atom stereocenters. The van der Waals surface area contributed by atoms with Crippen molar-refractivity contribution in [3.63, 3.8) is 0 Å². The van der Waals surface area contributed by atoms with E-state index in [4.69, 9.17) is 0 Å². The van der Waals surface area contributed by atoms with Crippen LogP contribution < -0.4 is 10.6 Å². The van der Waals surface area contributed by atoms with Gasteiger partial charge in [0.05, 0.1) is 5.69 Å². The SMILES string of the molecule is CNC(=O)c1cccc(NC2=Nc3cc(C)c(C)cc3C2)c1. The summed E-state index contributed by atoms with van der Waals surface area (Å²) >= 11 is 0. The standard InChI is InChI=1S/C18H19N3O/c1-11-7-14-10-17(21-16(14)8-12(11)2)20-15-6-4-5-13(9-15)18(22)19-3/h4-9H,10H2,1-3H3,(H,19,22)(H,20,21). The molecule has 3 rings (SSSR count). The van der Waals surface area contributed by atoms with Crippen LogP contribution in [-0.4, -0.2) is 18.8 Å². The van der Waals surface area contributed by atoms with Gasteiger partial charge in [0, 0.05) is 24.7 Å². The molecule has 0 radical (unpaired) electrons. The Morgan fingerprint density at radius 1 is 1.14 bits per heavy atom. The Balaban J connectivity index is 1.81. The number of amidine groups is 1. The van der Waals surface area contributed by atoms with E-state index in [1.807, 2.05) is 18.2 Å². The Bertz CT molecular complexity index is 778. The van der Waals surface area contributed by atoms with Crippen LogP contribution in [0.4, 0.5) is 11.4 Å². The Hall–Kier alpha value is -2.62. The van der Waals surface area contributed by atoms with Crippen molar-refractivity contribution < 1.29 is 4.79 Å². The van der Waals surface area contributed by atoms with E-state index in [0.717, 1.165) is 23.6 Å². The molecule has 0 saturated heterocycles. The molecule has 0 spiro atoms. The normalized spacial score (nSPS) is 12.6. The summed E-state index contributed by atoms with van der Waals surface area (Å²) < 4.78 is 0. The van der Waals surface area contributed by atoms with E-state index in [0.29, 0.717) is 5.56 Å². The Morgan fingerprint density at radius 3 is 2.68 bits per heavy atom. The minimum atomic E-state index is -0.0912. The van der Waals surface area contributed by atoms with Gasteiger partial charge in [0.25, 0.3) is 5.91 Å². The molecule has 2 aromatic rings. The highest BCUT2D eigenvalue weighted by molar-refractivity contribution is 6.03. The van der Waals surface area contributed by atoms with Crippen molar-refractivity contribution >= 4 is 23.1 Å². The molecule has 2 N–H and O–H groups in total. The molecule has 22 heavy (non-hydrogen) atoms. The molecule has 0 bridgehead atoms. The third kappa shape index (κ3) is 2.72. The van der Waals surface area contributed by atoms with Gasteiger partial charge in [0.15, 0.2) is 0 Å². The van der Waals surface area contributed by atoms with E-state index in [1.54, 1.807) is 13.1 Å². The van der Waals surface area contributed by atoms with Crippen LogP contribution in [0.5, 0.6) is 0 Å². The number of carbonyl (C=O) groups is 1. The number of rotatable bonds is 2. The van der Waals surface area contributed by atoms with Crippen LogP contribution in [0.2, 0.25) is 0 Å². The molecular weight excluding hydrogens is 274 g/mol. The lowest BCUT2D eigenvalue weighted by molar-refractivity contribution is 0.0963. The fourth-order valence-electron chi connectivity index (χ4n) is 2.59. The van der Waals surface area contributed by atoms with E-state index in [1.165, 1.54) is 16.7 Å². The summed E-state index contributed by atoms with van der Waals surface area (Å²) in [5.74, 6) is 0.820. The second-order valence-electron chi connectivity index (χ2n) is 5.59. The maximum Gasteiger partial charge on any atom is 0.251 e. The highest BCUT2D eigenvalue weighted by Crippen LogP contribution is 2.30. The number of aryl methyl sites for hydroxylation is 2. The number of hydrogen-bond donors (Lipinski definition) is 2. The summed E-state index contributed by atoms with van der Waals surface area (Å²) in [5.41, 5.74) is 6.33. The van der Waals surface area contributed by atoms with Gasteiger partial charge in [-0.1, -0.05) is 12.1 Å². The number of nitrogens with one attached hydrogen (secondary N) is 2. The fraction of sp³-hybridized carbons (Fsp3) is 0.222. The van der Waals surface area contributed by atoms with Crippen molar-refractivity contribution in [1.82, 2.24) is 5.32 Å². The zero-order valence-electron chi connectivity index (χ0n) is 13.0. The van der Waals surface area contributed by atoms with Gasteiger partial charge < -0.3 is 10.6 Å². The molecule has 0 saturated carbocycles. The van der Waals surface area contributed by atoms with E-state index >= 15 is 0 Å². The number of amides is 1. The van der Waals surface area contributed by atoms with Gasteiger partial charge in [-0.2, -0.15) is 0 Å². The monoisotopic (exact) mass is 293 g/mol. The van der Waals surface area contributed by atoms with Gasteiger partial charge in [0.1, 0.15) is 5.84 Å². The van der Waals surface area contributed by atoms with Crippen LogP contribution >= 0.6 is 0 Å². The summed E-state index contributed by atoms with van der Waals surface area (Å²) in [4.78, 5) is 16.3. The number of nitrogens with zero attached hydrogens (tertiary/aromatic N) is 1. The summed E-state index contributed by atoms with van der Waals surface area (Å²) in [6.45, 7) is 4.22. The lowest BCUT2D eigenvalue weighted by atomic mass is 10.0. The van der Waals surface area contributed by atoms with Crippen molar-refractivity contribution in [3.05, 3.63) is 58.7 Å². The van der Waals surface area contributed by atoms with Gasteiger partial charge in [-0.05, 0) is 54.8 Å².